The van der Waals surface area contributed by atoms with Crippen LogP contribution in [-0.2, 0) is 20.1 Å². The molecule has 0 saturated carbocycles. The van der Waals surface area contributed by atoms with Crippen molar-refractivity contribution in [3.05, 3.63) is 59.7 Å². The van der Waals surface area contributed by atoms with E-state index in [1.807, 2.05) is 0 Å². The second-order valence-electron chi connectivity index (χ2n) is 7.61. The summed E-state index contributed by atoms with van der Waals surface area (Å²) in [6, 6.07) is 17.0. The van der Waals surface area contributed by atoms with E-state index in [4.69, 9.17) is 18.9 Å². The molecule has 2 saturated heterocycles. The van der Waals surface area contributed by atoms with Crippen molar-refractivity contribution in [3.8, 4) is 11.5 Å². The van der Waals surface area contributed by atoms with Gasteiger partial charge in [0.1, 0.15) is 0 Å². The molecule has 2 atom stereocenters. The molecule has 5 heteroatoms. The minimum atomic E-state index is -0.0737. The third kappa shape index (κ3) is 6.75. The molecule has 2 aromatic carbocycles. The molecule has 2 aliphatic rings. The number of ether oxygens (including phenoxy) is 4. The van der Waals surface area contributed by atoms with E-state index >= 15 is 0 Å². The maximum absolute atomic E-state index is 5.91. The van der Waals surface area contributed by atoms with Crippen molar-refractivity contribution in [1.82, 2.24) is 0 Å². The summed E-state index contributed by atoms with van der Waals surface area (Å²) in [7, 11) is 0. The molecule has 2 unspecified atom stereocenters. The molecule has 4 nitrogen and oxygen atoms in total. The molecule has 0 N–H and O–H groups in total. The summed E-state index contributed by atoms with van der Waals surface area (Å²) in [6.07, 6.45) is 6.49. The van der Waals surface area contributed by atoms with Gasteiger partial charge in [-0.15, -0.1) is 0 Å². The first-order chi connectivity index (χ1) is 14.3. The Bertz CT molecular complexity index is 656. The quantitative estimate of drug-likeness (QED) is 0.524. The summed E-state index contributed by atoms with van der Waals surface area (Å²) in [5.74, 6) is 1.82. The summed E-state index contributed by atoms with van der Waals surface area (Å²) in [6.45, 7) is 1.62. The first-order valence-corrected chi connectivity index (χ1v) is 13.1. The van der Waals surface area contributed by atoms with Gasteiger partial charge in [0.05, 0.1) is 0 Å². The van der Waals surface area contributed by atoms with Gasteiger partial charge in [0.25, 0.3) is 0 Å². The van der Waals surface area contributed by atoms with Crippen molar-refractivity contribution in [2.75, 3.05) is 13.2 Å². The van der Waals surface area contributed by atoms with Gasteiger partial charge in [0.2, 0.25) is 0 Å². The monoisotopic (exact) mass is 462 g/mol. The predicted octanol–water partition coefficient (Wildman–Crippen LogP) is 4.90. The first-order valence-electron chi connectivity index (χ1n) is 10.7. The van der Waals surface area contributed by atoms with Gasteiger partial charge in [-0.1, -0.05) is 0 Å². The molecule has 29 heavy (non-hydrogen) atoms. The van der Waals surface area contributed by atoms with Crippen LogP contribution in [-0.4, -0.2) is 40.8 Å². The molecule has 2 heterocycles. The third-order valence-corrected chi connectivity index (χ3v) is 7.45. The van der Waals surface area contributed by atoms with E-state index in [0.717, 1.165) is 61.0 Å². The molecule has 0 aromatic heterocycles. The standard InChI is InChI=1S/C24H30O4Se/c1-3-15-25-23(5-1)27-21-11-7-19(8-12-21)17-29-18-20-9-13-22(14-10-20)28-24-6-2-4-16-26-24/h7-14,23-24H,1-6,15-18H2. The van der Waals surface area contributed by atoms with Gasteiger partial charge in [0, 0.05) is 0 Å². The molecule has 0 bridgehead atoms. The van der Waals surface area contributed by atoms with Crippen LogP contribution in [0.4, 0.5) is 0 Å². The van der Waals surface area contributed by atoms with Crippen molar-refractivity contribution in [2.45, 2.75) is 61.7 Å². The number of hydrogen-bond donors (Lipinski definition) is 0. The van der Waals surface area contributed by atoms with Gasteiger partial charge in [0.15, 0.2) is 0 Å². The van der Waals surface area contributed by atoms with E-state index in [2.05, 4.69) is 48.5 Å². The van der Waals surface area contributed by atoms with Crippen molar-refractivity contribution >= 4 is 15.0 Å². The van der Waals surface area contributed by atoms with Crippen molar-refractivity contribution < 1.29 is 18.9 Å². The summed E-state index contributed by atoms with van der Waals surface area (Å²) in [5, 5.41) is 2.25. The Morgan fingerprint density at radius 1 is 0.655 bits per heavy atom. The van der Waals surface area contributed by atoms with Crippen LogP contribution < -0.4 is 9.47 Å². The Hall–Kier alpha value is -1.52. The molecule has 0 spiro atoms. The van der Waals surface area contributed by atoms with Crippen LogP contribution >= 0.6 is 0 Å². The maximum atomic E-state index is 5.91. The second-order valence-corrected chi connectivity index (χ2v) is 9.68. The molecule has 0 amide bonds. The van der Waals surface area contributed by atoms with Gasteiger partial charge < -0.3 is 0 Å². The molecular formula is C24H30O4Se. The molecule has 2 aromatic rings. The SMILES string of the molecule is c1cc(OC2CCCCO2)ccc1C[Se]Cc1ccc(OC2CCCCO2)cc1. The number of hydrogen-bond acceptors (Lipinski definition) is 4. The first kappa shape index (κ1) is 20.7. The van der Waals surface area contributed by atoms with E-state index in [0.29, 0.717) is 15.0 Å². The zero-order valence-electron chi connectivity index (χ0n) is 16.9. The van der Waals surface area contributed by atoms with Crippen LogP contribution in [0.1, 0.15) is 49.7 Å². The number of benzene rings is 2. The van der Waals surface area contributed by atoms with Gasteiger partial charge in [-0.2, -0.15) is 0 Å². The Kier molecular flexibility index (Phi) is 7.89. The van der Waals surface area contributed by atoms with E-state index in [9.17, 15) is 0 Å². The molecular weight excluding hydrogens is 431 g/mol. The Labute approximate surface area is 180 Å². The van der Waals surface area contributed by atoms with Crippen LogP contribution in [0.3, 0.4) is 0 Å². The Morgan fingerprint density at radius 2 is 1.10 bits per heavy atom. The minimum absolute atomic E-state index is 0.0737. The van der Waals surface area contributed by atoms with Gasteiger partial charge >= 0.3 is 180 Å². The molecule has 4 rings (SSSR count). The van der Waals surface area contributed by atoms with E-state index < -0.39 is 0 Å². The summed E-state index contributed by atoms with van der Waals surface area (Å²) >= 11 is 0.531. The molecule has 156 valence electrons. The van der Waals surface area contributed by atoms with Gasteiger partial charge in [-0.25, -0.2) is 0 Å². The third-order valence-electron chi connectivity index (χ3n) is 5.20. The number of rotatable bonds is 8. The molecule has 0 aliphatic carbocycles. The zero-order valence-corrected chi connectivity index (χ0v) is 18.6. The average Bonchev–Trinajstić information content (AvgIpc) is 2.78. The summed E-state index contributed by atoms with van der Waals surface area (Å²) in [5.41, 5.74) is 2.74. The fourth-order valence-electron chi connectivity index (χ4n) is 3.53. The van der Waals surface area contributed by atoms with E-state index in [1.165, 1.54) is 24.0 Å². The van der Waals surface area contributed by atoms with Crippen LogP contribution in [0.5, 0.6) is 11.5 Å². The zero-order chi connectivity index (χ0) is 19.7. The Balaban J connectivity index is 1.18. The summed E-state index contributed by atoms with van der Waals surface area (Å²) < 4.78 is 23.1. The van der Waals surface area contributed by atoms with Crippen molar-refractivity contribution in [2.24, 2.45) is 0 Å². The van der Waals surface area contributed by atoms with Crippen LogP contribution in [0.25, 0.3) is 0 Å². The van der Waals surface area contributed by atoms with Gasteiger partial charge in [-0.3, -0.25) is 0 Å². The molecule has 2 fully saturated rings. The molecule has 0 radical (unpaired) electrons. The van der Waals surface area contributed by atoms with Crippen molar-refractivity contribution in [1.29, 1.82) is 0 Å². The predicted molar refractivity (Wildman–Crippen MR) is 114 cm³/mol. The average molecular weight is 461 g/mol. The van der Waals surface area contributed by atoms with Crippen LogP contribution in [0, 0.1) is 0 Å². The molecule has 2 aliphatic heterocycles. The van der Waals surface area contributed by atoms with Crippen molar-refractivity contribution in [3.63, 3.8) is 0 Å². The topological polar surface area (TPSA) is 36.9 Å². The fraction of sp³-hybridized carbons (Fsp3) is 0.500. The Morgan fingerprint density at radius 3 is 1.48 bits per heavy atom. The summed E-state index contributed by atoms with van der Waals surface area (Å²) in [4.78, 5) is 0. The second kappa shape index (κ2) is 11.0. The van der Waals surface area contributed by atoms with Crippen LogP contribution in [0.15, 0.2) is 48.5 Å². The van der Waals surface area contributed by atoms with Gasteiger partial charge in [-0.05, 0) is 0 Å². The van der Waals surface area contributed by atoms with E-state index in [1.54, 1.807) is 0 Å². The normalized spacial score (nSPS) is 22.2. The van der Waals surface area contributed by atoms with E-state index in [-0.39, 0.29) is 12.6 Å². The fourth-order valence-corrected chi connectivity index (χ4v) is 5.54. The van der Waals surface area contributed by atoms with Crippen LogP contribution in [0.2, 0.25) is 0 Å².